The van der Waals surface area contributed by atoms with Crippen LogP contribution >= 0.6 is 11.6 Å². The highest BCUT2D eigenvalue weighted by atomic mass is 35.5. The van der Waals surface area contributed by atoms with Crippen molar-refractivity contribution in [3.05, 3.63) is 77.6 Å². The summed E-state index contributed by atoms with van der Waals surface area (Å²) in [4.78, 5) is 13.3. The van der Waals surface area contributed by atoms with E-state index in [0.29, 0.717) is 5.82 Å². The van der Waals surface area contributed by atoms with Crippen molar-refractivity contribution in [2.45, 2.75) is 13.8 Å². The fourth-order valence-corrected chi connectivity index (χ4v) is 3.43. The monoisotopic (exact) mass is 386 g/mol. The smallest absolute Gasteiger partial charge is 0.224 e. The van der Waals surface area contributed by atoms with E-state index in [-0.39, 0.29) is 5.28 Å². The van der Waals surface area contributed by atoms with Crippen LogP contribution in [-0.4, -0.2) is 16.2 Å². The maximum Gasteiger partial charge on any atom is 0.224 e. The number of aromatic nitrogens is 2. The molecule has 4 rings (SSSR count). The molecule has 0 saturated heterocycles. The van der Waals surface area contributed by atoms with Crippen LogP contribution in [0.15, 0.2) is 71.7 Å². The Labute approximate surface area is 169 Å². The number of aryl methyl sites for hydroxylation is 1. The number of fused-ring (bicyclic) bond motifs is 1. The fourth-order valence-electron chi connectivity index (χ4n) is 3.26. The van der Waals surface area contributed by atoms with Crippen LogP contribution in [-0.2, 0) is 0 Å². The predicted molar refractivity (Wildman–Crippen MR) is 118 cm³/mol. The van der Waals surface area contributed by atoms with Crippen LogP contribution in [0, 0.1) is 6.92 Å². The van der Waals surface area contributed by atoms with Gasteiger partial charge in [0.15, 0.2) is 0 Å². The number of hydrogen-bond donors (Lipinski definition) is 1. The molecule has 28 heavy (non-hydrogen) atoms. The minimum Gasteiger partial charge on any atom is -0.340 e. The van der Waals surface area contributed by atoms with Crippen molar-refractivity contribution in [1.82, 2.24) is 9.97 Å². The van der Waals surface area contributed by atoms with Crippen molar-refractivity contribution >= 4 is 45.9 Å². The van der Waals surface area contributed by atoms with Gasteiger partial charge in [-0.3, -0.25) is 4.99 Å². The Morgan fingerprint density at radius 2 is 1.79 bits per heavy atom. The molecular weight excluding hydrogens is 368 g/mol. The van der Waals surface area contributed by atoms with Crippen molar-refractivity contribution in [2.75, 3.05) is 5.32 Å². The van der Waals surface area contributed by atoms with E-state index < -0.39 is 0 Å². The molecule has 0 aliphatic heterocycles. The normalized spacial score (nSPS) is 11.2. The second-order valence-corrected chi connectivity index (χ2v) is 6.76. The first kappa shape index (κ1) is 18.1. The number of anilines is 2. The second-order valence-electron chi connectivity index (χ2n) is 6.42. The zero-order valence-corrected chi connectivity index (χ0v) is 16.4. The van der Waals surface area contributed by atoms with E-state index in [2.05, 4.69) is 44.5 Å². The Hall–Kier alpha value is -3.24. The average Bonchev–Trinajstić information content (AvgIpc) is 2.70. The average molecular weight is 387 g/mol. The number of nitrogens with one attached hydrogen (secondary N) is 1. The van der Waals surface area contributed by atoms with E-state index in [4.69, 9.17) is 11.6 Å². The van der Waals surface area contributed by atoms with Crippen LogP contribution in [0.2, 0.25) is 5.28 Å². The summed E-state index contributed by atoms with van der Waals surface area (Å²) in [5.41, 5.74) is 5.91. The summed E-state index contributed by atoms with van der Waals surface area (Å²) in [7, 11) is 0. The molecule has 5 heteroatoms. The Bertz CT molecular complexity index is 1170. The van der Waals surface area contributed by atoms with Gasteiger partial charge in [0.05, 0.1) is 16.6 Å². The molecule has 0 spiro atoms. The van der Waals surface area contributed by atoms with Crippen LogP contribution in [0.25, 0.3) is 22.0 Å². The van der Waals surface area contributed by atoms with Crippen LogP contribution in [0.1, 0.15) is 12.5 Å². The van der Waals surface area contributed by atoms with E-state index in [1.54, 1.807) is 6.21 Å². The zero-order chi connectivity index (χ0) is 19.5. The van der Waals surface area contributed by atoms with Gasteiger partial charge in [-0.05, 0) is 66.4 Å². The summed E-state index contributed by atoms with van der Waals surface area (Å²) in [6.07, 6.45) is 1.79. The van der Waals surface area contributed by atoms with Gasteiger partial charge in [-0.25, -0.2) is 4.98 Å². The number of halogens is 1. The summed E-state index contributed by atoms with van der Waals surface area (Å²) in [5.74, 6) is 0.681. The van der Waals surface area contributed by atoms with Crippen molar-refractivity contribution < 1.29 is 0 Å². The van der Waals surface area contributed by atoms with Crippen molar-refractivity contribution in [2.24, 2.45) is 4.99 Å². The Morgan fingerprint density at radius 3 is 2.54 bits per heavy atom. The molecule has 1 N–H and O–H groups in total. The predicted octanol–water partition coefficient (Wildman–Crippen LogP) is 6.72. The lowest BCUT2D eigenvalue weighted by atomic mass is 10.0. The van der Waals surface area contributed by atoms with E-state index in [1.165, 1.54) is 0 Å². The number of nitrogens with zero attached hydrogens (tertiary/aromatic N) is 3. The van der Waals surface area contributed by atoms with E-state index >= 15 is 0 Å². The van der Waals surface area contributed by atoms with E-state index in [0.717, 1.165) is 39.0 Å². The first-order chi connectivity index (χ1) is 13.7. The Kier molecular flexibility index (Phi) is 5.04. The highest BCUT2D eigenvalue weighted by Crippen LogP contribution is 2.35. The number of benzene rings is 3. The minimum absolute atomic E-state index is 0.212. The zero-order valence-electron chi connectivity index (χ0n) is 15.6. The molecule has 4 nitrogen and oxygen atoms in total. The van der Waals surface area contributed by atoms with Crippen molar-refractivity contribution in [3.8, 4) is 11.1 Å². The Morgan fingerprint density at radius 1 is 0.964 bits per heavy atom. The van der Waals surface area contributed by atoms with Gasteiger partial charge in [0.2, 0.25) is 5.28 Å². The van der Waals surface area contributed by atoms with Gasteiger partial charge in [0.25, 0.3) is 0 Å². The molecule has 0 radical (unpaired) electrons. The summed E-state index contributed by atoms with van der Waals surface area (Å²) < 4.78 is 0. The highest BCUT2D eigenvalue weighted by Gasteiger charge is 2.13. The largest absolute Gasteiger partial charge is 0.340 e. The van der Waals surface area contributed by atoms with Gasteiger partial charge in [0.1, 0.15) is 5.82 Å². The molecule has 138 valence electrons. The summed E-state index contributed by atoms with van der Waals surface area (Å²) >= 11 is 6.20. The third-order valence-corrected chi connectivity index (χ3v) is 4.68. The quantitative estimate of drug-likeness (QED) is 0.312. The van der Waals surface area contributed by atoms with E-state index in [9.17, 15) is 0 Å². The van der Waals surface area contributed by atoms with Crippen LogP contribution in [0.4, 0.5) is 17.2 Å². The topological polar surface area (TPSA) is 50.2 Å². The first-order valence-corrected chi connectivity index (χ1v) is 9.41. The first-order valence-electron chi connectivity index (χ1n) is 9.04. The van der Waals surface area contributed by atoms with Gasteiger partial charge < -0.3 is 5.32 Å². The second kappa shape index (κ2) is 7.79. The molecule has 4 aromatic rings. The number of aliphatic imine (C=N–C) groups is 1. The van der Waals surface area contributed by atoms with E-state index in [1.807, 2.05) is 56.3 Å². The molecule has 0 fully saturated rings. The SMILES string of the molecule is CC=Nc1ccc(Nc2nc(Cl)nc3cccc(-c4ccccc4)c23)cc1C. The Balaban J connectivity index is 1.86. The molecule has 0 unspecified atom stereocenters. The number of rotatable bonds is 4. The van der Waals surface area contributed by atoms with Gasteiger partial charge in [0, 0.05) is 11.9 Å². The molecule has 1 heterocycles. The maximum atomic E-state index is 6.20. The molecule has 0 bridgehead atoms. The highest BCUT2D eigenvalue weighted by molar-refractivity contribution is 6.29. The fraction of sp³-hybridized carbons (Fsp3) is 0.0870. The molecule has 0 saturated carbocycles. The van der Waals surface area contributed by atoms with Crippen molar-refractivity contribution in [3.63, 3.8) is 0 Å². The molecular formula is C23H19ClN4. The molecule has 0 atom stereocenters. The summed E-state index contributed by atoms with van der Waals surface area (Å²) in [6, 6.07) is 22.2. The lowest BCUT2D eigenvalue weighted by molar-refractivity contribution is 1.22. The van der Waals surface area contributed by atoms with Crippen LogP contribution < -0.4 is 5.32 Å². The summed E-state index contributed by atoms with van der Waals surface area (Å²) in [5, 5.41) is 4.57. The number of hydrogen-bond acceptors (Lipinski definition) is 4. The minimum atomic E-state index is 0.212. The molecule has 0 aliphatic carbocycles. The third-order valence-electron chi connectivity index (χ3n) is 4.51. The lowest BCUT2D eigenvalue weighted by Crippen LogP contribution is -1.99. The molecule has 0 amide bonds. The van der Waals surface area contributed by atoms with Crippen LogP contribution in [0.5, 0.6) is 0 Å². The van der Waals surface area contributed by atoms with Crippen LogP contribution in [0.3, 0.4) is 0 Å². The van der Waals surface area contributed by atoms with Crippen molar-refractivity contribution in [1.29, 1.82) is 0 Å². The van der Waals surface area contributed by atoms with Gasteiger partial charge in [-0.1, -0.05) is 42.5 Å². The standard InChI is InChI=1S/C23H19ClN4/c1-3-25-19-13-12-17(14-15(19)2)26-22-21-18(16-8-5-4-6-9-16)10-7-11-20(21)27-23(24)28-22/h3-14H,1-2H3,(H,26,27,28). The third kappa shape index (κ3) is 3.59. The molecule has 1 aromatic heterocycles. The molecule has 0 aliphatic rings. The summed E-state index contributed by atoms with van der Waals surface area (Å²) in [6.45, 7) is 3.94. The van der Waals surface area contributed by atoms with Gasteiger partial charge >= 0.3 is 0 Å². The van der Waals surface area contributed by atoms with Gasteiger partial charge in [-0.2, -0.15) is 4.98 Å². The van der Waals surface area contributed by atoms with Gasteiger partial charge in [-0.15, -0.1) is 0 Å². The molecule has 3 aromatic carbocycles. The lowest BCUT2D eigenvalue weighted by Gasteiger charge is -2.14. The maximum absolute atomic E-state index is 6.20.